The van der Waals surface area contributed by atoms with Gasteiger partial charge >= 0.3 is 0 Å². The van der Waals surface area contributed by atoms with E-state index in [-0.39, 0.29) is 17.8 Å². The van der Waals surface area contributed by atoms with Gasteiger partial charge in [0.1, 0.15) is 18.5 Å². The lowest BCUT2D eigenvalue weighted by Gasteiger charge is -2.46. The van der Waals surface area contributed by atoms with Gasteiger partial charge in [-0.3, -0.25) is 0 Å². The molecule has 0 nitrogen and oxygen atoms in total. The van der Waals surface area contributed by atoms with Crippen molar-refractivity contribution in [1.29, 1.82) is 0 Å². The van der Waals surface area contributed by atoms with E-state index in [1.165, 1.54) is 32.1 Å². The molecular weight excluding hydrogens is 357 g/mol. The fourth-order valence-electron chi connectivity index (χ4n) is 7.52. The van der Waals surface area contributed by atoms with Crippen molar-refractivity contribution in [1.82, 2.24) is 0 Å². The molecule has 0 aromatic rings. The highest BCUT2D eigenvalue weighted by atomic mass is 19.2. The van der Waals surface area contributed by atoms with Crippen molar-refractivity contribution in [2.75, 3.05) is 0 Å². The second-order valence-electron chi connectivity index (χ2n) is 11.0. The van der Waals surface area contributed by atoms with Crippen molar-refractivity contribution >= 4 is 0 Å². The smallest absolute Gasteiger partial charge is 0.135 e. The minimum Gasteiger partial charge on any atom is -0.247 e. The Bertz CT molecular complexity index is 480. The molecule has 0 aromatic heterocycles. The van der Waals surface area contributed by atoms with E-state index < -0.39 is 18.5 Å². The molecule has 0 heterocycles. The summed E-state index contributed by atoms with van der Waals surface area (Å²) in [7, 11) is 0. The highest BCUT2D eigenvalue weighted by Gasteiger charge is 2.49. The zero-order valence-corrected chi connectivity index (χ0v) is 17.8. The number of hydrogen-bond donors (Lipinski definition) is 0. The van der Waals surface area contributed by atoms with Crippen LogP contribution in [0.15, 0.2) is 0 Å². The van der Waals surface area contributed by atoms with E-state index in [0.29, 0.717) is 30.6 Å². The van der Waals surface area contributed by atoms with Gasteiger partial charge in [-0.25, -0.2) is 13.2 Å². The molecule has 0 amide bonds. The number of rotatable bonds is 3. The van der Waals surface area contributed by atoms with E-state index in [4.69, 9.17) is 0 Å². The summed E-state index contributed by atoms with van der Waals surface area (Å²) in [6.45, 7) is 2.27. The average Bonchev–Trinajstić information content (AvgIpc) is 2.72. The Morgan fingerprint density at radius 2 is 1.07 bits per heavy atom. The lowest BCUT2D eigenvalue weighted by molar-refractivity contribution is -0.0570. The van der Waals surface area contributed by atoms with E-state index in [1.807, 2.05) is 0 Å². The summed E-state index contributed by atoms with van der Waals surface area (Å²) in [5, 5.41) is 0. The van der Waals surface area contributed by atoms with Crippen LogP contribution in [0.25, 0.3) is 0 Å². The van der Waals surface area contributed by atoms with Gasteiger partial charge in [0, 0.05) is 0 Å². The van der Waals surface area contributed by atoms with Crippen molar-refractivity contribution in [2.45, 2.75) is 115 Å². The zero-order valence-electron chi connectivity index (χ0n) is 17.8. The van der Waals surface area contributed by atoms with Crippen molar-refractivity contribution in [3.63, 3.8) is 0 Å². The maximum Gasteiger partial charge on any atom is 0.135 e. The van der Waals surface area contributed by atoms with Gasteiger partial charge < -0.3 is 0 Å². The Morgan fingerprint density at radius 3 is 1.75 bits per heavy atom. The van der Waals surface area contributed by atoms with Gasteiger partial charge in [-0.05, 0) is 86.4 Å². The van der Waals surface area contributed by atoms with Gasteiger partial charge in [-0.2, -0.15) is 0 Å². The minimum absolute atomic E-state index is 0.115. The summed E-state index contributed by atoms with van der Waals surface area (Å²) in [5.74, 6) is 1.54. The Hall–Kier alpha value is -0.210. The summed E-state index contributed by atoms with van der Waals surface area (Å²) in [5.41, 5.74) is 0. The first-order valence-corrected chi connectivity index (χ1v) is 12.5. The van der Waals surface area contributed by atoms with Crippen LogP contribution in [0.4, 0.5) is 13.2 Å². The van der Waals surface area contributed by atoms with Crippen molar-refractivity contribution < 1.29 is 13.2 Å². The van der Waals surface area contributed by atoms with Gasteiger partial charge in [0.05, 0.1) is 0 Å². The predicted molar refractivity (Wildman–Crippen MR) is 109 cm³/mol. The largest absolute Gasteiger partial charge is 0.247 e. The molecule has 4 fully saturated rings. The van der Waals surface area contributed by atoms with Crippen LogP contribution in [0.3, 0.4) is 0 Å². The predicted octanol–water partition coefficient (Wildman–Crippen LogP) is 7.85. The third-order valence-corrected chi connectivity index (χ3v) is 9.35. The standard InChI is InChI=1S/C25H41F3/c1-16-7-9-18(10-8-16)20-13-14-22(25(28)24(20)27)21-12-11-19(15-23(21)26)17-5-3-2-4-6-17/h16-25H,2-15H2,1H3. The molecule has 162 valence electrons. The molecule has 0 bridgehead atoms. The SMILES string of the molecule is CC1CCC(C2CCC(C3CCC(C4CCCCC4)CC3F)C(F)C2F)CC1. The first-order chi connectivity index (χ1) is 13.5. The summed E-state index contributed by atoms with van der Waals surface area (Å²) in [4.78, 5) is 0. The van der Waals surface area contributed by atoms with Crippen LogP contribution in [0.1, 0.15) is 96.8 Å². The maximum atomic E-state index is 15.2. The second kappa shape index (κ2) is 9.29. The normalized spacial score (nSPS) is 49.1. The van der Waals surface area contributed by atoms with Gasteiger partial charge in [-0.1, -0.05) is 51.9 Å². The third-order valence-electron chi connectivity index (χ3n) is 9.35. The van der Waals surface area contributed by atoms with Crippen LogP contribution < -0.4 is 0 Å². The van der Waals surface area contributed by atoms with Gasteiger partial charge in [0.2, 0.25) is 0 Å². The summed E-state index contributed by atoms with van der Waals surface area (Å²) in [6.07, 6.45) is 11.1. The molecule has 4 rings (SSSR count). The topological polar surface area (TPSA) is 0 Å². The molecule has 0 aromatic carbocycles. The van der Waals surface area contributed by atoms with Crippen LogP contribution in [0, 0.1) is 41.4 Å². The Kier molecular flexibility index (Phi) is 6.98. The fourth-order valence-corrected chi connectivity index (χ4v) is 7.52. The molecule has 28 heavy (non-hydrogen) atoms. The monoisotopic (exact) mass is 398 g/mol. The molecule has 0 spiro atoms. The number of hydrogen-bond acceptors (Lipinski definition) is 0. The molecular formula is C25H41F3. The summed E-state index contributed by atoms with van der Waals surface area (Å²) >= 11 is 0. The van der Waals surface area contributed by atoms with Crippen molar-refractivity contribution in [2.24, 2.45) is 41.4 Å². The molecule has 0 N–H and O–H groups in total. The minimum atomic E-state index is -1.44. The fraction of sp³-hybridized carbons (Fsp3) is 1.00. The lowest BCUT2D eigenvalue weighted by Crippen LogP contribution is -2.47. The average molecular weight is 399 g/mol. The Labute approximate surface area is 170 Å². The van der Waals surface area contributed by atoms with E-state index in [2.05, 4.69) is 6.92 Å². The first kappa shape index (κ1) is 21.0. The van der Waals surface area contributed by atoms with Gasteiger partial charge in [0.25, 0.3) is 0 Å². The van der Waals surface area contributed by atoms with Gasteiger partial charge in [-0.15, -0.1) is 0 Å². The van der Waals surface area contributed by atoms with Crippen LogP contribution in [-0.2, 0) is 0 Å². The molecule has 4 aliphatic carbocycles. The van der Waals surface area contributed by atoms with E-state index in [0.717, 1.165) is 50.9 Å². The third kappa shape index (κ3) is 4.43. The first-order valence-electron chi connectivity index (χ1n) is 12.5. The highest BCUT2D eigenvalue weighted by molar-refractivity contribution is 4.97. The van der Waals surface area contributed by atoms with E-state index in [1.54, 1.807) is 0 Å². The lowest BCUT2D eigenvalue weighted by atomic mass is 9.62. The maximum absolute atomic E-state index is 15.2. The van der Waals surface area contributed by atoms with Crippen LogP contribution in [0.5, 0.6) is 0 Å². The summed E-state index contributed by atoms with van der Waals surface area (Å²) < 4.78 is 45.5. The van der Waals surface area contributed by atoms with Crippen LogP contribution in [0.2, 0.25) is 0 Å². The zero-order chi connectivity index (χ0) is 19.7. The number of halogens is 3. The Balaban J connectivity index is 1.32. The molecule has 3 heteroatoms. The molecule has 0 aliphatic heterocycles. The quantitative estimate of drug-likeness (QED) is 0.454. The Morgan fingerprint density at radius 1 is 0.500 bits per heavy atom. The molecule has 0 saturated heterocycles. The molecule has 4 saturated carbocycles. The van der Waals surface area contributed by atoms with E-state index >= 15 is 13.2 Å². The van der Waals surface area contributed by atoms with E-state index in [9.17, 15) is 0 Å². The van der Waals surface area contributed by atoms with Crippen molar-refractivity contribution in [3.05, 3.63) is 0 Å². The molecule has 7 unspecified atom stereocenters. The van der Waals surface area contributed by atoms with Gasteiger partial charge in [0.15, 0.2) is 0 Å². The molecule has 0 radical (unpaired) electrons. The molecule has 7 atom stereocenters. The van der Waals surface area contributed by atoms with Crippen LogP contribution >= 0.6 is 0 Å². The van der Waals surface area contributed by atoms with Crippen molar-refractivity contribution in [3.8, 4) is 0 Å². The number of alkyl halides is 3. The molecule has 4 aliphatic rings. The second-order valence-corrected chi connectivity index (χ2v) is 11.0. The highest BCUT2D eigenvalue weighted by Crippen LogP contribution is 2.50. The summed E-state index contributed by atoms with van der Waals surface area (Å²) in [6, 6.07) is 0. The van der Waals surface area contributed by atoms with Crippen LogP contribution in [-0.4, -0.2) is 18.5 Å².